The summed E-state index contributed by atoms with van der Waals surface area (Å²) in [5, 5.41) is 3.08. The number of aromatic nitrogens is 2. The van der Waals surface area contributed by atoms with Crippen LogP contribution < -0.4 is 15.1 Å². The lowest BCUT2D eigenvalue weighted by atomic mass is 10.1. The fraction of sp³-hybridized carbons (Fsp3) is 0.455. The van der Waals surface area contributed by atoms with Crippen LogP contribution in [0.3, 0.4) is 0 Å². The van der Waals surface area contributed by atoms with Crippen LogP contribution in [0.25, 0.3) is 0 Å². The van der Waals surface area contributed by atoms with Crippen LogP contribution in [0.15, 0.2) is 42.9 Å². The molecule has 1 saturated heterocycles. The van der Waals surface area contributed by atoms with Gasteiger partial charge < -0.3 is 19.9 Å². The average molecular weight is 425 g/mol. The largest absolute Gasteiger partial charge is 0.444 e. The van der Waals surface area contributed by atoms with E-state index in [-0.39, 0.29) is 18.2 Å². The minimum absolute atomic E-state index is 0.106. The van der Waals surface area contributed by atoms with Gasteiger partial charge in [0.15, 0.2) is 5.82 Å². The average Bonchev–Trinajstić information content (AvgIpc) is 3.21. The van der Waals surface area contributed by atoms with Crippen LogP contribution in [0.2, 0.25) is 0 Å². The molecule has 0 radical (unpaired) electrons. The van der Waals surface area contributed by atoms with Crippen molar-refractivity contribution in [2.75, 3.05) is 36.0 Å². The van der Waals surface area contributed by atoms with Gasteiger partial charge in [-0.05, 0) is 39.3 Å². The van der Waals surface area contributed by atoms with E-state index < -0.39 is 5.60 Å². The fourth-order valence-corrected chi connectivity index (χ4v) is 3.86. The van der Waals surface area contributed by atoms with Gasteiger partial charge >= 0.3 is 12.1 Å². The fourth-order valence-electron chi connectivity index (χ4n) is 3.86. The summed E-state index contributed by atoms with van der Waals surface area (Å²) in [6.45, 7) is 7.67. The predicted octanol–water partition coefficient (Wildman–Crippen LogP) is 3.15. The Hall–Kier alpha value is -3.36. The molecule has 0 bridgehead atoms. The molecule has 1 aromatic heterocycles. The second-order valence-corrected chi connectivity index (χ2v) is 8.72. The van der Waals surface area contributed by atoms with Crippen LogP contribution >= 0.6 is 0 Å². The summed E-state index contributed by atoms with van der Waals surface area (Å²) in [6.07, 6.45) is 5.38. The van der Waals surface area contributed by atoms with Gasteiger partial charge in [0, 0.05) is 38.6 Å². The maximum absolute atomic E-state index is 13.1. The van der Waals surface area contributed by atoms with Crippen LogP contribution in [0.4, 0.5) is 26.8 Å². The smallest absolute Gasteiger partial charge is 0.410 e. The van der Waals surface area contributed by atoms with Crippen molar-refractivity contribution in [2.24, 2.45) is 0 Å². The minimum atomic E-state index is -0.537. The zero-order valence-corrected chi connectivity index (χ0v) is 18.1. The van der Waals surface area contributed by atoms with Crippen LogP contribution in [0, 0.1) is 0 Å². The van der Waals surface area contributed by atoms with Gasteiger partial charge in [0.2, 0.25) is 0 Å². The van der Waals surface area contributed by atoms with Crippen molar-refractivity contribution >= 4 is 29.3 Å². The van der Waals surface area contributed by atoms with Crippen LogP contribution in [0.5, 0.6) is 0 Å². The van der Waals surface area contributed by atoms with E-state index in [1.807, 2.05) is 45.0 Å². The summed E-state index contributed by atoms with van der Waals surface area (Å²) >= 11 is 0. The number of hydrogen-bond donors (Lipinski definition) is 1. The Labute approximate surface area is 182 Å². The SMILES string of the molecule is CC(C)(C)OC(=O)N1CC[C@H](NC(=O)N2CCN(c3cnccn3)c3ccccc32)C1. The van der Waals surface area contributed by atoms with Gasteiger partial charge in [0.05, 0.1) is 23.6 Å². The normalized spacial score (nSPS) is 18.5. The number of amides is 3. The number of fused-ring (bicyclic) bond motifs is 1. The van der Waals surface area contributed by atoms with Gasteiger partial charge in [0.25, 0.3) is 0 Å². The molecule has 9 heteroatoms. The topological polar surface area (TPSA) is 90.9 Å². The first kappa shape index (κ1) is 20.9. The van der Waals surface area contributed by atoms with E-state index in [0.29, 0.717) is 32.6 Å². The molecule has 3 amide bonds. The maximum atomic E-state index is 13.1. The van der Waals surface area contributed by atoms with Gasteiger partial charge in [-0.2, -0.15) is 0 Å². The number of nitrogens with one attached hydrogen (secondary N) is 1. The number of likely N-dealkylation sites (tertiary alicyclic amines) is 1. The highest BCUT2D eigenvalue weighted by molar-refractivity contribution is 5.97. The van der Waals surface area contributed by atoms with Gasteiger partial charge in [-0.3, -0.25) is 9.88 Å². The van der Waals surface area contributed by atoms with E-state index in [9.17, 15) is 9.59 Å². The molecule has 0 aliphatic carbocycles. The van der Waals surface area contributed by atoms with Crippen molar-refractivity contribution in [2.45, 2.75) is 38.8 Å². The van der Waals surface area contributed by atoms with Gasteiger partial charge in [-0.15, -0.1) is 0 Å². The molecule has 31 heavy (non-hydrogen) atoms. The number of hydrogen-bond acceptors (Lipinski definition) is 6. The molecule has 0 unspecified atom stereocenters. The second-order valence-electron chi connectivity index (χ2n) is 8.72. The summed E-state index contributed by atoms with van der Waals surface area (Å²) in [4.78, 5) is 39.4. The Kier molecular flexibility index (Phi) is 5.67. The molecule has 1 atom stereocenters. The molecule has 2 aliphatic heterocycles. The third kappa shape index (κ3) is 4.70. The Balaban J connectivity index is 1.43. The molecule has 0 spiro atoms. The number of carbonyl (C=O) groups is 2. The molecule has 0 saturated carbocycles. The Morgan fingerprint density at radius 3 is 2.58 bits per heavy atom. The standard InChI is InChI=1S/C22H28N6O3/c1-22(2,3)31-21(30)26-11-8-16(15-26)25-20(29)28-13-12-27(19-14-23-9-10-24-19)17-6-4-5-7-18(17)28/h4-7,9-10,14,16H,8,11-13,15H2,1-3H3,(H,25,29)/t16-/m0/s1. The van der Waals surface area contributed by atoms with Gasteiger partial charge in [-0.25, -0.2) is 14.6 Å². The van der Waals surface area contributed by atoms with Crippen molar-refractivity contribution in [1.29, 1.82) is 0 Å². The summed E-state index contributed by atoms with van der Waals surface area (Å²) < 4.78 is 5.44. The molecule has 1 aromatic carbocycles. The van der Waals surface area contributed by atoms with E-state index in [2.05, 4.69) is 20.2 Å². The molecule has 1 fully saturated rings. The number of urea groups is 1. The highest BCUT2D eigenvalue weighted by atomic mass is 16.6. The second kappa shape index (κ2) is 8.41. The molecule has 2 aromatic rings. The molecule has 4 rings (SSSR count). The summed E-state index contributed by atoms with van der Waals surface area (Å²) in [7, 11) is 0. The summed E-state index contributed by atoms with van der Waals surface area (Å²) in [5.41, 5.74) is 1.19. The molecule has 1 N–H and O–H groups in total. The van der Waals surface area contributed by atoms with Crippen LogP contribution in [-0.2, 0) is 4.74 Å². The summed E-state index contributed by atoms with van der Waals surface area (Å²) in [5.74, 6) is 0.749. The van der Waals surface area contributed by atoms with E-state index in [1.54, 1.807) is 28.4 Å². The minimum Gasteiger partial charge on any atom is -0.444 e. The number of rotatable bonds is 2. The van der Waals surface area contributed by atoms with Crippen LogP contribution in [-0.4, -0.2) is 64.8 Å². The molecule has 3 heterocycles. The molecule has 2 aliphatic rings. The number of carbonyl (C=O) groups excluding carboxylic acids is 2. The lowest BCUT2D eigenvalue weighted by Gasteiger charge is -2.37. The number of nitrogens with zero attached hydrogens (tertiary/aromatic N) is 5. The number of ether oxygens (including phenoxy) is 1. The third-order valence-corrected chi connectivity index (χ3v) is 5.25. The van der Waals surface area contributed by atoms with Crippen molar-refractivity contribution in [1.82, 2.24) is 20.2 Å². The Morgan fingerprint density at radius 2 is 1.87 bits per heavy atom. The van der Waals surface area contributed by atoms with Crippen molar-refractivity contribution < 1.29 is 14.3 Å². The predicted molar refractivity (Wildman–Crippen MR) is 118 cm³/mol. The number of anilines is 3. The zero-order chi connectivity index (χ0) is 22.0. The molecule has 9 nitrogen and oxygen atoms in total. The first-order valence-corrected chi connectivity index (χ1v) is 10.5. The quantitative estimate of drug-likeness (QED) is 0.796. The zero-order valence-electron chi connectivity index (χ0n) is 18.1. The van der Waals surface area contributed by atoms with E-state index in [1.165, 1.54) is 0 Å². The lowest BCUT2D eigenvalue weighted by Crippen LogP contribution is -2.50. The monoisotopic (exact) mass is 424 g/mol. The number of benzene rings is 1. The Bertz CT molecular complexity index is 946. The van der Waals surface area contributed by atoms with Crippen molar-refractivity contribution in [3.63, 3.8) is 0 Å². The van der Waals surface area contributed by atoms with E-state index >= 15 is 0 Å². The van der Waals surface area contributed by atoms with Crippen molar-refractivity contribution in [3.8, 4) is 0 Å². The van der Waals surface area contributed by atoms with Gasteiger partial charge in [-0.1, -0.05) is 12.1 Å². The van der Waals surface area contributed by atoms with Crippen LogP contribution in [0.1, 0.15) is 27.2 Å². The number of para-hydroxylation sites is 2. The highest BCUT2D eigenvalue weighted by Gasteiger charge is 2.33. The first-order valence-electron chi connectivity index (χ1n) is 10.5. The highest BCUT2D eigenvalue weighted by Crippen LogP contribution is 2.36. The lowest BCUT2D eigenvalue weighted by molar-refractivity contribution is 0.0291. The first-order chi connectivity index (χ1) is 14.8. The molecular formula is C22H28N6O3. The van der Waals surface area contributed by atoms with E-state index in [4.69, 9.17) is 4.74 Å². The maximum Gasteiger partial charge on any atom is 0.410 e. The third-order valence-electron chi connectivity index (χ3n) is 5.25. The molecular weight excluding hydrogens is 396 g/mol. The van der Waals surface area contributed by atoms with E-state index in [0.717, 1.165) is 17.2 Å². The Morgan fingerprint density at radius 1 is 1.10 bits per heavy atom. The molecule has 164 valence electrons. The summed E-state index contributed by atoms with van der Waals surface area (Å²) in [6, 6.07) is 7.49. The van der Waals surface area contributed by atoms with Crippen molar-refractivity contribution in [3.05, 3.63) is 42.9 Å². The van der Waals surface area contributed by atoms with Gasteiger partial charge in [0.1, 0.15) is 5.60 Å².